The number of hydrogen-bond acceptors (Lipinski definition) is 7. The van der Waals surface area contributed by atoms with Crippen LogP contribution in [-0.4, -0.2) is 20.3 Å². The Morgan fingerprint density at radius 2 is 2.16 bits per heavy atom. The Balaban J connectivity index is 1.85. The smallest absolute Gasteiger partial charge is 0.345 e. The van der Waals surface area contributed by atoms with Crippen LogP contribution >= 0.6 is 11.3 Å². The Kier molecular flexibility index (Phi) is 4.32. The van der Waals surface area contributed by atoms with Gasteiger partial charge in [0.25, 0.3) is 11.2 Å². The van der Waals surface area contributed by atoms with Gasteiger partial charge in [0.15, 0.2) is 4.96 Å². The molecular weight excluding hydrogens is 346 g/mol. The van der Waals surface area contributed by atoms with Gasteiger partial charge in [-0.15, -0.1) is 11.3 Å². The van der Waals surface area contributed by atoms with Crippen molar-refractivity contribution in [1.82, 2.24) is 9.38 Å². The van der Waals surface area contributed by atoms with Crippen molar-refractivity contribution < 1.29 is 14.5 Å². The number of benzene rings is 1. The van der Waals surface area contributed by atoms with Crippen LogP contribution in [0.15, 0.2) is 34.4 Å². The number of ether oxygens (including phenoxy) is 1. The van der Waals surface area contributed by atoms with Crippen molar-refractivity contribution >= 4 is 28.0 Å². The highest BCUT2D eigenvalue weighted by atomic mass is 32.1. The number of esters is 1. The molecule has 0 amide bonds. The summed E-state index contributed by atoms with van der Waals surface area (Å²) in [6.07, 6.45) is 0. The standard InChI is InChI=1S/C16H13N3O5S/c1-9-4-3-5-12(14(9)19(22)23)15(21)24-7-11-6-13(20)18-10(2)8-25-16(18)17-11/h3-6,8H,7H2,1-2H3. The first kappa shape index (κ1) is 16.8. The second-order valence-electron chi connectivity index (χ2n) is 5.39. The predicted molar refractivity (Wildman–Crippen MR) is 91.0 cm³/mol. The molecule has 0 N–H and O–H groups in total. The number of nitrogens with zero attached hydrogens (tertiary/aromatic N) is 3. The Morgan fingerprint density at radius 3 is 2.88 bits per heavy atom. The van der Waals surface area contributed by atoms with Crippen LogP contribution in [0.25, 0.3) is 4.96 Å². The Morgan fingerprint density at radius 1 is 1.40 bits per heavy atom. The molecule has 0 aliphatic heterocycles. The maximum atomic E-state index is 12.2. The SMILES string of the molecule is Cc1cccc(C(=O)OCc2cc(=O)n3c(C)csc3n2)c1[N+](=O)[O-]. The average Bonchev–Trinajstić information content (AvgIpc) is 2.93. The number of aryl methyl sites for hydroxylation is 2. The molecule has 3 aromatic rings. The predicted octanol–water partition coefficient (Wildman–Crippen LogP) is 2.64. The van der Waals surface area contributed by atoms with Gasteiger partial charge in [-0.1, -0.05) is 12.1 Å². The summed E-state index contributed by atoms with van der Waals surface area (Å²) in [6, 6.07) is 5.71. The van der Waals surface area contributed by atoms with Crippen LogP contribution < -0.4 is 5.56 Å². The Bertz CT molecular complexity index is 1050. The zero-order chi connectivity index (χ0) is 18.1. The molecule has 0 unspecified atom stereocenters. The van der Waals surface area contributed by atoms with Crippen molar-refractivity contribution in [3.63, 3.8) is 0 Å². The molecular formula is C16H13N3O5S. The van der Waals surface area contributed by atoms with Crippen LogP contribution in [0.3, 0.4) is 0 Å². The highest BCUT2D eigenvalue weighted by Crippen LogP contribution is 2.24. The number of fused-ring (bicyclic) bond motifs is 1. The molecule has 2 aromatic heterocycles. The van der Waals surface area contributed by atoms with E-state index in [1.165, 1.54) is 27.9 Å². The van der Waals surface area contributed by atoms with E-state index in [0.717, 1.165) is 5.69 Å². The molecule has 1 aromatic carbocycles. The lowest BCUT2D eigenvalue weighted by molar-refractivity contribution is -0.385. The molecule has 2 heterocycles. The fourth-order valence-electron chi connectivity index (χ4n) is 2.46. The molecule has 0 saturated heterocycles. The van der Waals surface area contributed by atoms with Crippen molar-refractivity contribution in [2.75, 3.05) is 0 Å². The minimum atomic E-state index is -0.834. The summed E-state index contributed by atoms with van der Waals surface area (Å²) in [5, 5.41) is 13.0. The van der Waals surface area contributed by atoms with Gasteiger partial charge < -0.3 is 4.74 Å². The Hall–Kier alpha value is -3.07. The summed E-state index contributed by atoms with van der Waals surface area (Å²) in [4.78, 5) is 39.6. The Labute approximate surface area is 145 Å². The first-order valence-corrected chi connectivity index (χ1v) is 8.14. The van der Waals surface area contributed by atoms with E-state index in [1.54, 1.807) is 31.4 Å². The van der Waals surface area contributed by atoms with Gasteiger partial charge in [0.05, 0.1) is 10.6 Å². The average molecular weight is 359 g/mol. The molecule has 0 saturated carbocycles. The zero-order valence-electron chi connectivity index (χ0n) is 13.4. The number of nitro groups is 1. The fraction of sp³-hybridized carbons (Fsp3) is 0.188. The number of rotatable bonds is 4. The second-order valence-corrected chi connectivity index (χ2v) is 6.22. The van der Waals surface area contributed by atoms with Crippen LogP contribution in [0.5, 0.6) is 0 Å². The van der Waals surface area contributed by atoms with Crippen LogP contribution in [0.1, 0.15) is 27.3 Å². The fourth-order valence-corrected chi connectivity index (χ4v) is 3.35. The molecule has 0 aliphatic rings. The van der Waals surface area contributed by atoms with Gasteiger partial charge in [-0.05, 0) is 19.9 Å². The summed E-state index contributed by atoms with van der Waals surface area (Å²) in [6.45, 7) is 3.10. The van der Waals surface area contributed by atoms with E-state index in [2.05, 4.69) is 4.98 Å². The van der Waals surface area contributed by atoms with Crippen molar-refractivity contribution in [3.8, 4) is 0 Å². The zero-order valence-corrected chi connectivity index (χ0v) is 14.2. The van der Waals surface area contributed by atoms with Crippen molar-refractivity contribution in [2.45, 2.75) is 20.5 Å². The molecule has 8 nitrogen and oxygen atoms in total. The van der Waals surface area contributed by atoms with Gasteiger partial charge in [-0.3, -0.25) is 19.3 Å². The van der Waals surface area contributed by atoms with Crippen LogP contribution in [0.2, 0.25) is 0 Å². The van der Waals surface area contributed by atoms with Gasteiger partial charge in [-0.2, -0.15) is 0 Å². The van der Waals surface area contributed by atoms with Crippen molar-refractivity contribution in [1.29, 1.82) is 0 Å². The van der Waals surface area contributed by atoms with E-state index < -0.39 is 10.9 Å². The molecule has 25 heavy (non-hydrogen) atoms. The molecule has 128 valence electrons. The lowest BCUT2D eigenvalue weighted by Crippen LogP contribution is -2.16. The second kappa shape index (κ2) is 6.44. The summed E-state index contributed by atoms with van der Waals surface area (Å²) in [7, 11) is 0. The monoisotopic (exact) mass is 359 g/mol. The van der Waals surface area contributed by atoms with Gasteiger partial charge in [0.1, 0.15) is 12.2 Å². The molecule has 0 aliphatic carbocycles. The molecule has 3 rings (SSSR count). The summed E-state index contributed by atoms with van der Waals surface area (Å²) in [5.41, 5.74) is 0.745. The topological polar surface area (TPSA) is 104 Å². The maximum absolute atomic E-state index is 12.2. The first-order valence-electron chi connectivity index (χ1n) is 7.26. The molecule has 0 bridgehead atoms. The lowest BCUT2D eigenvalue weighted by Gasteiger charge is -2.06. The molecule has 0 spiro atoms. The molecule has 9 heteroatoms. The van der Waals surface area contributed by atoms with Crippen molar-refractivity contribution in [3.05, 3.63) is 72.6 Å². The minimum absolute atomic E-state index is 0.130. The number of nitro benzene ring substituents is 1. The largest absolute Gasteiger partial charge is 0.455 e. The van der Waals surface area contributed by atoms with E-state index in [9.17, 15) is 19.7 Å². The minimum Gasteiger partial charge on any atom is -0.455 e. The molecule has 0 fully saturated rings. The number of hydrogen-bond donors (Lipinski definition) is 0. The highest BCUT2D eigenvalue weighted by molar-refractivity contribution is 7.15. The van der Waals surface area contributed by atoms with Crippen LogP contribution in [0, 0.1) is 24.0 Å². The van der Waals surface area contributed by atoms with E-state index in [0.29, 0.717) is 10.5 Å². The van der Waals surface area contributed by atoms with Gasteiger partial charge >= 0.3 is 5.97 Å². The van der Waals surface area contributed by atoms with E-state index in [1.807, 2.05) is 0 Å². The highest BCUT2D eigenvalue weighted by Gasteiger charge is 2.23. The first-order chi connectivity index (χ1) is 11.9. The number of thiazole rings is 1. The maximum Gasteiger partial charge on any atom is 0.345 e. The van der Waals surface area contributed by atoms with Gasteiger partial charge in [-0.25, -0.2) is 9.78 Å². The quantitative estimate of drug-likeness (QED) is 0.403. The number of carbonyl (C=O) groups excluding carboxylic acids is 1. The van der Waals surface area contributed by atoms with E-state index in [-0.39, 0.29) is 29.1 Å². The number of aromatic nitrogens is 2. The third kappa shape index (κ3) is 3.13. The van der Waals surface area contributed by atoms with Crippen molar-refractivity contribution in [2.24, 2.45) is 0 Å². The summed E-state index contributed by atoms with van der Waals surface area (Å²) < 4.78 is 6.58. The van der Waals surface area contributed by atoms with Crippen LogP contribution in [0.4, 0.5) is 5.69 Å². The summed E-state index contributed by atoms with van der Waals surface area (Å²) >= 11 is 1.30. The van der Waals surface area contributed by atoms with Gasteiger partial charge in [0.2, 0.25) is 0 Å². The van der Waals surface area contributed by atoms with Gasteiger partial charge in [0, 0.05) is 22.7 Å². The number of para-hydroxylation sites is 1. The summed E-state index contributed by atoms with van der Waals surface area (Å²) in [5.74, 6) is -0.834. The third-order valence-corrected chi connectivity index (χ3v) is 4.56. The van der Waals surface area contributed by atoms with E-state index in [4.69, 9.17) is 4.74 Å². The molecule has 0 radical (unpaired) electrons. The van der Waals surface area contributed by atoms with Crippen LogP contribution in [-0.2, 0) is 11.3 Å². The third-order valence-electron chi connectivity index (χ3n) is 3.62. The normalized spacial score (nSPS) is 10.8. The lowest BCUT2D eigenvalue weighted by atomic mass is 10.1. The number of carbonyl (C=O) groups is 1. The van der Waals surface area contributed by atoms with E-state index >= 15 is 0 Å². The molecule has 0 atom stereocenters.